The van der Waals surface area contributed by atoms with Crippen LogP contribution in [0.5, 0.6) is 5.75 Å². The number of aromatic hydroxyl groups is 1. The molecule has 1 aromatic carbocycles. The molecule has 3 N–H and O–H groups in total. The Morgan fingerprint density at radius 3 is 2.89 bits per heavy atom. The van der Waals surface area contributed by atoms with E-state index in [4.69, 9.17) is 10.4 Å². The van der Waals surface area contributed by atoms with Gasteiger partial charge in [0.15, 0.2) is 0 Å². The summed E-state index contributed by atoms with van der Waals surface area (Å²) in [7, 11) is 0. The topological polar surface area (TPSA) is 93.3 Å². The van der Waals surface area contributed by atoms with Crippen LogP contribution in [-0.4, -0.2) is 29.3 Å². The van der Waals surface area contributed by atoms with Crippen LogP contribution in [0.25, 0.3) is 6.08 Å². The Morgan fingerprint density at radius 1 is 1.50 bits per heavy atom. The lowest BCUT2D eigenvalue weighted by atomic mass is 10.1. The van der Waals surface area contributed by atoms with Crippen molar-refractivity contribution in [1.29, 1.82) is 5.26 Å². The third kappa shape index (κ3) is 4.28. The van der Waals surface area contributed by atoms with Crippen molar-refractivity contribution >= 4 is 12.0 Å². The Hall–Kier alpha value is -2.32. The maximum Gasteiger partial charge on any atom is 0.261 e. The summed E-state index contributed by atoms with van der Waals surface area (Å²) in [6.07, 6.45) is 1.84. The van der Waals surface area contributed by atoms with Gasteiger partial charge in [0.2, 0.25) is 0 Å². The Balaban J connectivity index is 2.77. The second-order valence-corrected chi connectivity index (χ2v) is 3.60. The molecule has 1 aromatic rings. The molecule has 0 spiro atoms. The summed E-state index contributed by atoms with van der Waals surface area (Å²) in [5, 5.41) is 29.3. The van der Waals surface area contributed by atoms with Crippen LogP contribution in [0, 0.1) is 11.3 Å². The van der Waals surface area contributed by atoms with Crippen LogP contribution in [0.15, 0.2) is 29.8 Å². The van der Waals surface area contributed by atoms with Crippen molar-refractivity contribution in [3.8, 4) is 11.8 Å². The molecule has 0 aromatic heterocycles. The zero-order valence-corrected chi connectivity index (χ0v) is 9.76. The molecule has 0 saturated carbocycles. The molecule has 0 saturated heterocycles. The number of hydrogen-bond donors (Lipinski definition) is 3. The minimum atomic E-state index is -0.491. The first-order chi connectivity index (χ1) is 8.67. The number of phenolic OH excluding ortho intramolecular Hbond substituents is 1. The normalized spacial score (nSPS) is 10.8. The molecule has 1 amide bonds. The molecule has 0 unspecified atom stereocenters. The van der Waals surface area contributed by atoms with Crippen molar-refractivity contribution in [2.75, 3.05) is 13.2 Å². The zero-order chi connectivity index (χ0) is 13.4. The van der Waals surface area contributed by atoms with Gasteiger partial charge in [-0.05, 0) is 30.2 Å². The van der Waals surface area contributed by atoms with E-state index in [-0.39, 0.29) is 17.9 Å². The maximum absolute atomic E-state index is 11.6. The number of phenols is 1. The SMILES string of the molecule is N#C/C(=C\c1cccc(O)c1)C(=O)NCCCO. The van der Waals surface area contributed by atoms with Crippen molar-refractivity contribution in [1.82, 2.24) is 5.32 Å². The van der Waals surface area contributed by atoms with Gasteiger partial charge in [-0.15, -0.1) is 0 Å². The highest BCUT2D eigenvalue weighted by Gasteiger charge is 2.07. The molecule has 0 atom stereocenters. The zero-order valence-electron chi connectivity index (χ0n) is 9.76. The van der Waals surface area contributed by atoms with Gasteiger partial charge in [-0.1, -0.05) is 12.1 Å². The number of hydrogen-bond acceptors (Lipinski definition) is 4. The molecule has 0 aliphatic heterocycles. The highest BCUT2D eigenvalue weighted by Crippen LogP contribution is 2.13. The van der Waals surface area contributed by atoms with Gasteiger partial charge in [-0.25, -0.2) is 0 Å². The minimum absolute atomic E-state index is 0.0154. The Kier molecular flexibility index (Phi) is 5.42. The standard InChI is InChI=1S/C13H14N2O3/c14-9-11(13(18)15-5-2-6-16)7-10-3-1-4-12(17)8-10/h1,3-4,7-8,16-17H,2,5-6H2,(H,15,18)/b11-7+. The molecule has 0 heterocycles. The summed E-state index contributed by atoms with van der Waals surface area (Å²) in [5.41, 5.74) is 0.530. The number of nitrogens with one attached hydrogen (secondary N) is 1. The van der Waals surface area contributed by atoms with E-state index in [0.29, 0.717) is 18.5 Å². The van der Waals surface area contributed by atoms with Crippen LogP contribution in [0.4, 0.5) is 0 Å². The molecule has 94 valence electrons. The van der Waals surface area contributed by atoms with E-state index in [0.717, 1.165) is 0 Å². The number of carbonyl (C=O) groups excluding carboxylic acids is 1. The Morgan fingerprint density at radius 2 is 2.28 bits per heavy atom. The van der Waals surface area contributed by atoms with Crippen LogP contribution in [0.3, 0.4) is 0 Å². The maximum atomic E-state index is 11.6. The number of nitriles is 1. The number of aliphatic hydroxyl groups is 1. The quantitative estimate of drug-likeness (QED) is 0.407. The lowest BCUT2D eigenvalue weighted by Crippen LogP contribution is -2.26. The van der Waals surface area contributed by atoms with E-state index >= 15 is 0 Å². The van der Waals surface area contributed by atoms with Crippen molar-refractivity contribution in [2.45, 2.75) is 6.42 Å². The number of nitrogens with zero attached hydrogens (tertiary/aromatic N) is 1. The van der Waals surface area contributed by atoms with E-state index in [1.807, 2.05) is 0 Å². The average Bonchev–Trinajstić information content (AvgIpc) is 2.36. The van der Waals surface area contributed by atoms with Gasteiger partial charge in [0, 0.05) is 13.2 Å². The molecule has 18 heavy (non-hydrogen) atoms. The predicted octanol–water partition coefficient (Wildman–Crippen LogP) is 0.798. The van der Waals surface area contributed by atoms with Crippen LogP contribution in [0.1, 0.15) is 12.0 Å². The van der Waals surface area contributed by atoms with E-state index in [2.05, 4.69) is 5.32 Å². The Labute approximate surface area is 105 Å². The average molecular weight is 246 g/mol. The van der Waals surface area contributed by atoms with Gasteiger partial charge in [0.05, 0.1) is 0 Å². The number of rotatable bonds is 5. The second kappa shape index (κ2) is 7.09. The van der Waals surface area contributed by atoms with E-state index < -0.39 is 5.91 Å². The molecule has 0 bridgehead atoms. The van der Waals surface area contributed by atoms with Crippen molar-refractivity contribution in [2.24, 2.45) is 0 Å². The molecule has 0 aliphatic carbocycles. The van der Waals surface area contributed by atoms with Crippen LogP contribution >= 0.6 is 0 Å². The number of aliphatic hydroxyl groups excluding tert-OH is 1. The van der Waals surface area contributed by atoms with Crippen molar-refractivity contribution < 1.29 is 15.0 Å². The summed E-state index contributed by atoms with van der Waals surface area (Å²) in [4.78, 5) is 11.6. The van der Waals surface area contributed by atoms with Crippen LogP contribution < -0.4 is 5.32 Å². The molecule has 5 nitrogen and oxygen atoms in total. The van der Waals surface area contributed by atoms with Crippen molar-refractivity contribution in [3.05, 3.63) is 35.4 Å². The van der Waals surface area contributed by atoms with E-state index in [1.165, 1.54) is 18.2 Å². The fraction of sp³-hybridized carbons (Fsp3) is 0.231. The first-order valence-electron chi connectivity index (χ1n) is 5.47. The van der Waals surface area contributed by atoms with Gasteiger partial charge < -0.3 is 15.5 Å². The second-order valence-electron chi connectivity index (χ2n) is 3.60. The van der Waals surface area contributed by atoms with Crippen LogP contribution in [-0.2, 0) is 4.79 Å². The van der Waals surface area contributed by atoms with Gasteiger partial charge in [0.1, 0.15) is 17.4 Å². The Bertz CT molecular complexity index is 489. The molecular formula is C13H14N2O3. The summed E-state index contributed by atoms with van der Waals surface area (Å²) in [6.45, 7) is 0.298. The lowest BCUT2D eigenvalue weighted by Gasteiger charge is -2.02. The van der Waals surface area contributed by atoms with Gasteiger partial charge in [-0.2, -0.15) is 5.26 Å². The summed E-state index contributed by atoms with van der Waals surface area (Å²) in [6, 6.07) is 8.07. The first kappa shape index (κ1) is 13.7. The third-order valence-electron chi connectivity index (χ3n) is 2.17. The van der Waals surface area contributed by atoms with Gasteiger partial charge in [-0.3, -0.25) is 4.79 Å². The highest BCUT2D eigenvalue weighted by molar-refractivity contribution is 6.01. The number of carbonyl (C=O) groups is 1. The monoisotopic (exact) mass is 246 g/mol. The van der Waals surface area contributed by atoms with E-state index in [9.17, 15) is 9.90 Å². The van der Waals surface area contributed by atoms with Crippen LogP contribution in [0.2, 0.25) is 0 Å². The molecule has 1 rings (SSSR count). The first-order valence-corrected chi connectivity index (χ1v) is 5.47. The fourth-order valence-corrected chi connectivity index (χ4v) is 1.31. The molecule has 0 radical (unpaired) electrons. The van der Waals surface area contributed by atoms with Crippen molar-refractivity contribution in [3.63, 3.8) is 0 Å². The molecule has 0 aliphatic rings. The van der Waals surface area contributed by atoms with E-state index in [1.54, 1.807) is 18.2 Å². The predicted molar refractivity (Wildman–Crippen MR) is 66.4 cm³/mol. The lowest BCUT2D eigenvalue weighted by molar-refractivity contribution is -0.117. The third-order valence-corrected chi connectivity index (χ3v) is 2.17. The molecule has 0 fully saturated rings. The molecular weight excluding hydrogens is 232 g/mol. The summed E-state index contributed by atoms with van der Waals surface area (Å²) >= 11 is 0. The smallest absolute Gasteiger partial charge is 0.261 e. The van der Waals surface area contributed by atoms with Gasteiger partial charge in [0.25, 0.3) is 5.91 Å². The fourth-order valence-electron chi connectivity index (χ4n) is 1.31. The summed E-state index contributed by atoms with van der Waals surface area (Å²) < 4.78 is 0. The summed E-state index contributed by atoms with van der Waals surface area (Å²) in [5.74, 6) is -0.420. The number of benzene rings is 1. The largest absolute Gasteiger partial charge is 0.508 e. The number of amides is 1. The highest BCUT2D eigenvalue weighted by atomic mass is 16.3. The molecule has 5 heteroatoms. The van der Waals surface area contributed by atoms with Gasteiger partial charge >= 0.3 is 0 Å². The minimum Gasteiger partial charge on any atom is -0.508 e.